The minimum Gasteiger partial charge on any atom is -0.381 e. The normalized spacial score (nSPS) is 24.4. The first kappa shape index (κ1) is 22.1. The van der Waals surface area contributed by atoms with Gasteiger partial charge in [-0.1, -0.05) is 23.4 Å². The van der Waals surface area contributed by atoms with Crippen molar-refractivity contribution in [2.45, 2.75) is 37.2 Å². The Hall–Kier alpha value is -1.63. The molecule has 2 aliphatic heterocycles. The highest BCUT2D eigenvalue weighted by Gasteiger charge is 2.45. The molecule has 2 heterocycles. The van der Waals surface area contributed by atoms with Crippen molar-refractivity contribution in [1.29, 1.82) is 0 Å². The highest BCUT2D eigenvalue weighted by molar-refractivity contribution is 7.89. The van der Waals surface area contributed by atoms with E-state index in [4.69, 9.17) is 19.9 Å². The van der Waals surface area contributed by atoms with Crippen LogP contribution in [-0.2, 0) is 30.9 Å². The molecular formula is C18H25FN2O7S. The predicted molar refractivity (Wildman–Crippen MR) is 97.8 cm³/mol. The number of ether oxygens (including phenoxy) is 2. The largest absolute Gasteiger partial charge is 0.381 e. The molecule has 11 heteroatoms. The molecular weight excluding hydrogens is 407 g/mol. The third-order valence-corrected chi connectivity index (χ3v) is 7.80. The number of sulfonamides is 1. The van der Waals surface area contributed by atoms with Crippen LogP contribution in [0.3, 0.4) is 0 Å². The van der Waals surface area contributed by atoms with Gasteiger partial charge in [-0.3, -0.25) is 15.2 Å². The third kappa shape index (κ3) is 5.11. The summed E-state index contributed by atoms with van der Waals surface area (Å²) in [5.74, 6) is -2.63. The summed E-state index contributed by atoms with van der Waals surface area (Å²) in [7, 11) is -3.84. The summed E-state index contributed by atoms with van der Waals surface area (Å²) in [6.45, 7) is 0.522. The molecule has 0 spiro atoms. The lowest BCUT2D eigenvalue weighted by atomic mass is 10.0. The Kier molecular flexibility index (Phi) is 7.19. The molecule has 0 saturated carbocycles. The number of halogens is 1. The van der Waals surface area contributed by atoms with E-state index in [1.54, 1.807) is 18.2 Å². The lowest BCUT2D eigenvalue weighted by molar-refractivity contribution is -0.289. The maximum Gasteiger partial charge on any atom is 0.279 e. The Morgan fingerprint density at radius 2 is 1.93 bits per heavy atom. The molecule has 9 nitrogen and oxygen atoms in total. The molecule has 2 fully saturated rings. The fourth-order valence-electron chi connectivity index (χ4n) is 3.72. The van der Waals surface area contributed by atoms with E-state index in [9.17, 15) is 17.6 Å². The van der Waals surface area contributed by atoms with Crippen molar-refractivity contribution in [3.8, 4) is 0 Å². The lowest BCUT2D eigenvalue weighted by Gasteiger charge is -2.37. The van der Waals surface area contributed by atoms with Crippen molar-refractivity contribution in [3.63, 3.8) is 0 Å². The fraction of sp³-hybridized carbons (Fsp3) is 0.611. The number of amides is 1. The van der Waals surface area contributed by atoms with Gasteiger partial charge in [0.15, 0.2) is 0 Å². The molecule has 0 aliphatic carbocycles. The van der Waals surface area contributed by atoms with Gasteiger partial charge in [-0.05, 0) is 25.3 Å². The van der Waals surface area contributed by atoms with E-state index >= 15 is 0 Å². The Balaban J connectivity index is 1.58. The maximum atomic E-state index is 13.7. The minimum absolute atomic E-state index is 0.0935. The molecule has 2 N–H and O–H groups in total. The number of carbonyl (C=O) groups is 1. The van der Waals surface area contributed by atoms with Crippen LogP contribution >= 0.6 is 0 Å². The number of hydroxylamine groups is 2. The van der Waals surface area contributed by atoms with Crippen LogP contribution < -0.4 is 0 Å². The summed E-state index contributed by atoms with van der Waals surface area (Å²) in [6, 6.07) is 6.33. The second kappa shape index (κ2) is 9.45. The second-order valence-electron chi connectivity index (χ2n) is 7.18. The van der Waals surface area contributed by atoms with Crippen LogP contribution in [0.5, 0.6) is 0 Å². The third-order valence-electron chi connectivity index (χ3n) is 5.38. The fourth-order valence-corrected chi connectivity index (χ4v) is 5.83. The maximum absolute atomic E-state index is 13.7. The summed E-state index contributed by atoms with van der Waals surface area (Å²) in [5.41, 5.74) is 0.448. The summed E-state index contributed by atoms with van der Waals surface area (Å²) in [4.78, 5) is 11.9. The first-order chi connectivity index (χ1) is 13.8. The molecule has 1 aromatic carbocycles. The zero-order valence-electron chi connectivity index (χ0n) is 15.8. The van der Waals surface area contributed by atoms with E-state index in [2.05, 4.69) is 0 Å². The Bertz CT molecular complexity index is 812. The molecule has 1 aromatic rings. The second-order valence-corrected chi connectivity index (χ2v) is 9.33. The number of carbonyl (C=O) groups excluding carboxylic acids is 1. The van der Waals surface area contributed by atoms with Crippen LogP contribution in [0.15, 0.2) is 24.3 Å². The van der Waals surface area contributed by atoms with Crippen LogP contribution in [0.4, 0.5) is 4.39 Å². The smallest absolute Gasteiger partial charge is 0.279 e. The zero-order chi connectivity index (χ0) is 21.0. The highest BCUT2D eigenvalue weighted by Crippen LogP contribution is 2.29. The van der Waals surface area contributed by atoms with Crippen LogP contribution in [-0.4, -0.2) is 71.9 Å². The molecule has 0 aromatic heterocycles. The van der Waals surface area contributed by atoms with Gasteiger partial charge in [0.1, 0.15) is 5.82 Å². The molecule has 2 unspecified atom stereocenters. The van der Waals surface area contributed by atoms with E-state index in [-0.39, 0.29) is 51.3 Å². The zero-order valence-corrected chi connectivity index (χ0v) is 16.6. The van der Waals surface area contributed by atoms with Gasteiger partial charge in [-0.15, -0.1) is 0 Å². The summed E-state index contributed by atoms with van der Waals surface area (Å²) in [5, 5.41) is 16.4. The SMILES string of the molecule is O=C(C1COCCC1S(=O)(=O)N1CCC(OCc2ccccc2F)CC1)N(O)O. The number of piperidine rings is 1. The first-order valence-electron chi connectivity index (χ1n) is 9.44. The van der Waals surface area contributed by atoms with Crippen LogP contribution in [0, 0.1) is 11.7 Å². The van der Waals surface area contributed by atoms with E-state index in [0.717, 1.165) is 0 Å². The Morgan fingerprint density at radius 1 is 1.24 bits per heavy atom. The van der Waals surface area contributed by atoms with Crippen molar-refractivity contribution in [3.05, 3.63) is 35.6 Å². The van der Waals surface area contributed by atoms with Crippen molar-refractivity contribution in [2.75, 3.05) is 26.3 Å². The standard InChI is InChI=1S/C18H25FN2O7S/c19-16-4-2-1-3-13(16)11-28-14-5-8-20(9-6-14)29(25,26)17-7-10-27-12-15(17)18(22)21(23)24/h1-4,14-15,17,23-24H,5-12H2. The van der Waals surface area contributed by atoms with Gasteiger partial charge in [-0.25, -0.2) is 17.1 Å². The topological polar surface area (TPSA) is 117 Å². The van der Waals surface area contributed by atoms with Crippen molar-refractivity contribution >= 4 is 15.9 Å². The lowest BCUT2D eigenvalue weighted by Crippen LogP contribution is -2.53. The van der Waals surface area contributed by atoms with Crippen molar-refractivity contribution in [1.82, 2.24) is 9.53 Å². The molecule has 0 radical (unpaired) electrons. The van der Waals surface area contributed by atoms with Crippen LogP contribution in [0.1, 0.15) is 24.8 Å². The molecule has 2 atom stereocenters. The summed E-state index contributed by atoms with van der Waals surface area (Å²) in [6.07, 6.45) is 0.790. The number of hydrogen-bond donors (Lipinski definition) is 2. The van der Waals surface area contributed by atoms with Gasteiger partial charge >= 0.3 is 0 Å². The van der Waals surface area contributed by atoms with E-state index < -0.39 is 32.3 Å². The average Bonchev–Trinajstić information content (AvgIpc) is 2.73. The molecule has 3 rings (SSSR count). The number of benzene rings is 1. The van der Waals surface area contributed by atoms with Gasteiger partial charge in [0.05, 0.1) is 30.5 Å². The van der Waals surface area contributed by atoms with Crippen molar-refractivity contribution in [2.24, 2.45) is 5.92 Å². The monoisotopic (exact) mass is 432 g/mol. The van der Waals surface area contributed by atoms with E-state index in [1.807, 2.05) is 0 Å². The molecule has 29 heavy (non-hydrogen) atoms. The number of rotatable bonds is 6. The summed E-state index contributed by atoms with van der Waals surface area (Å²) >= 11 is 0. The number of nitrogens with zero attached hydrogens (tertiary/aromatic N) is 2. The van der Waals surface area contributed by atoms with Gasteiger partial charge in [0, 0.05) is 25.3 Å². The molecule has 0 bridgehead atoms. The summed E-state index contributed by atoms with van der Waals surface area (Å²) < 4.78 is 52.0. The quantitative estimate of drug-likeness (QED) is 0.512. The molecule has 162 valence electrons. The van der Waals surface area contributed by atoms with E-state index in [0.29, 0.717) is 18.4 Å². The number of hydrogen-bond acceptors (Lipinski definition) is 7. The van der Waals surface area contributed by atoms with Gasteiger partial charge < -0.3 is 9.47 Å². The molecule has 2 saturated heterocycles. The van der Waals surface area contributed by atoms with Gasteiger partial charge in [-0.2, -0.15) is 0 Å². The highest BCUT2D eigenvalue weighted by atomic mass is 32.2. The Morgan fingerprint density at radius 3 is 2.59 bits per heavy atom. The van der Waals surface area contributed by atoms with Crippen LogP contribution in [0.25, 0.3) is 0 Å². The Labute approximate surface area is 168 Å². The average molecular weight is 432 g/mol. The van der Waals surface area contributed by atoms with Gasteiger partial charge in [0.2, 0.25) is 10.0 Å². The van der Waals surface area contributed by atoms with Gasteiger partial charge in [0.25, 0.3) is 5.91 Å². The minimum atomic E-state index is -3.84. The predicted octanol–water partition coefficient (Wildman–Crippen LogP) is 1.15. The van der Waals surface area contributed by atoms with E-state index in [1.165, 1.54) is 10.4 Å². The van der Waals surface area contributed by atoms with Crippen molar-refractivity contribution < 1.29 is 37.5 Å². The first-order valence-corrected chi connectivity index (χ1v) is 10.9. The molecule has 2 aliphatic rings. The molecule has 1 amide bonds. The van der Waals surface area contributed by atoms with Crippen LogP contribution in [0.2, 0.25) is 0 Å².